The fourth-order valence-corrected chi connectivity index (χ4v) is 3.94. The van der Waals surface area contributed by atoms with Gasteiger partial charge in [-0.05, 0) is 48.8 Å². The molecular formula is C21H29N3O2S. The van der Waals surface area contributed by atoms with E-state index in [-0.39, 0.29) is 16.6 Å². The van der Waals surface area contributed by atoms with Crippen LogP contribution in [0.5, 0.6) is 0 Å². The Labute approximate surface area is 165 Å². The fourth-order valence-electron chi connectivity index (χ4n) is 3.17. The summed E-state index contributed by atoms with van der Waals surface area (Å²) < 4.78 is 5.79. The Morgan fingerprint density at radius 3 is 2.41 bits per heavy atom. The maximum Gasteiger partial charge on any atom is 0.277 e. The van der Waals surface area contributed by atoms with Crippen molar-refractivity contribution in [1.82, 2.24) is 15.1 Å². The van der Waals surface area contributed by atoms with Crippen LogP contribution in [0.1, 0.15) is 53.0 Å². The van der Waals surface area contributed by atoms with Gasteiger partial charge in [-0.2, -0.15) is 0 Å². The number of amides is 1. The van der Waals surface area contributed by atoms with E-state index in [1.165, 1.54) is 17.3 Å². The predicted molar refractivity (Wildman–Crippen MR) is 109 cm³/mol. The van der Waals surface area contributed by atoms with Crippen molar-refractivity contribution in [3.63, 3.8) is 0 Å². The molecule has 1 aromatic heterocycles. The summed E-state index contributed by atoms with van der Waals surface area (Å²) in [4.78, 5) is 14.6. The Balaban J connectivity index is 1.63. The highest BCUT2D eigenvalue weighted by Crippen LogP contribution is 2.29. The molecule has 1 aromatic carbocycles. The molecule has 2 aromatic rings. The minimum atomic E-state index is -0.227. The number of likely N-dealkylation sites (tertiary alicyclic amines) is 1. The minimum Gasteiger partial charge on any atom is -0.411 e. The normalized spacial score (nSPS) is 17.1. The molecule has 0 unspecified atom stereocenters. The number of rotatable bonds is 4. The standard InChI is InChI=1S/C21H29N3O2S/c1-14-10-12-24(13-11-14)19(25)15(2)27-20-23-22-18(26-20)16-6-8-17(9-7-16)21(3,4)5/h6-9,14-15H,10-13H2,1-5H3/t15-/m1/s1. The number of carbonyl (C=O) groups is 1. The van der Waals surface area contributed by atoms with E-state index in [0.29, 0.717) is 17.0 Å². The van der Waals surface area contributed by atoms with Gasteiger partial charge in [0, 0.05) is 18.7 Å². The third kappa shape index (κ3) is 4.92. The molecule has 1 saturated heterocycles. The average molecular weight is 388 g/mol. The molecule has 0 saturated carbocycles. The Morgan fingerprint density at radius 1 is 1.19 bits per heavy atom. The van der Waals surface area contributed by atoms with Crippen molar-refractivity contribution in [1.29, 1.82) is 0 Å². The highest BCUT2D eigenvalue weighted by molar-refractivity contribution is 8.00. The number of aromatic nitrogens is 2. The lowest BCUT2D eigenvalue weighted by atomic mass is 9.87. The van der Waals surface area contributed by atoms with Gasteiger partial charge >= 0.3 is 0 Å². The van der Waals surface area contributed by atoms with E-state index in [9.17, 15) is 4.79 Å². The van der Waals surface area contributed by atoms with E-state index in [1.54, 1.807) is 0 Å². The van der Waals surface area contributed by atoms with Crippen molar-refractivity contribution in [3.8, 4) is 11.5 Å². The van der Waals surface area contributed by atoms with Crippen molar-refractivity contribution in [3.05, 3.63) is 29.8 Å². The first-order valence-corrected chi connectivity index (χ1v) is 10.5. The molecule has 2 heterocycles. The van der Waals surface area contributed by atoms with Gasteiger partial charge in [0.25, 0.3) is 5.22 Å². The van der Waals surface area contributed by atoms with Crippen molar-refractivity contribution in [2.24, 2.45) is 5.92 Å². The molecule has 0 radical (unpaired) electrons. The first kappa shape index (κ1) is 19.9. The number of benzene rings is 1. The van der Waals surface area contributed by atoms with E-state index < -0.39 is 0 Å². The number of carbonyl (C=O) groups excluding carboxylic acids is 1. The molecule has 1 amide bonds. The van der Waals surface area contributed by atoms with Crippen LogP contribution in [0.3, 0.4) is 0 Å². The molecular weight excluding hydrogens is 358 g/mol. The first-order chi connectivity index (χ1) is 12.7. The lowest BCUT2D eigenvalue weighted by Gasteiger charge is -2.31. The summed E-state index contributed by atoms with van der Waals surface area (Å²) in [7, 11) is 0. The Kier molecular flexibility index (Phi) is 5.94. The van der Waals surface area contributed by atoms with Gasteiger partial charge < -0.3 is 9.32 Å². The molecule has 5 nitrogen and oxygen atoms in total. The molecule has 0 bridgehead atoms. The van der Waals surface area contributed by atoms with Crippen LogP contribution in [0.4, 0.5) is 0 Å². The van der Waals surface area contributed by atoms with Crippen LogP contribution >= 0.6 is 11.8 Å². The second-order valence-electron chi connectivity index (χ2n) is 8.47. The molecule has 0 aliphatic carbocycles. The summed E-state index contributed by atoms with van der Waals surface area (Å²) in [5, 5.41) is 8.48. The summed E-state index contributed by atoms with van der Waals surface area (Å²) in [6.07, 6.45) is 2.16. The van der Waals surface area contributed by atoms with E-state index in [1.807, 2.05) is 24.0 Å². The largest absolute Gasteiger partial charge is 0.411 e. The van der Waals surface area contributed by atoms with E-state index in [2.05, 4.69) is 50.0 Å². The fraction of sp³-hybridized carbons (Fsp3) is 0.571. The quantitative estimate of drug-likeness (QED) is 0.707. The van der Waals surface area contributed by atoms with Gasteiger partial charge in [-0.1, -0.05) is 51.6 Å². The summed E-state index contributed by atoms with van der Waals surface area (Å²) in [5.41, 5.74) is 2.26. The van der Waals surface area contributed by atoms with Crippen molar-refractivity contribution >= 4 is 17.7 Å². The molecule has 0 spiro atoms. The molecule has 146 valence electrons. The monoisotopic (exact) mass is 387 g/mol. The van der Waals surface area contributed by atoms with Crippen molar-refractivity contribution in [2.75, 3.05) is 13.1 Å². The summed E-state index contributed by atoms with van der Waals surface area (Å²) in [6, 6.07) is 8.20. The van der Waals surface area contributed by atoms with Gasteiger partial charge in [0.1, 0.15) is 0 Å². The lowest BCUT2D eigenvalue weighted by Crippen LogP contribution is -2.41. The molecule has 27 heavy (non-hydrogen) atoms. The zero-order valence-electron chi connectivity index (χ0n) is 16.9. The van der Waals surface area contributed by atoms with Crippen LogP contribution in [-0.4, -0.2) is 39.3 Å². The van der Waals surface area contributed by atoms with Crippen molar-refractivity contribution in [2.45, 2.75) is 63.3 Å². The van der Waals surface area contributed by atoms with Gasteiger partial charge in [0.15, 0.2) is 0 Å². The predicted octanol–water partition coefficient (Wildman–Crippen LogP) is 4.77. The Morgan fingerprint density at radius 2 is 1.81 bits per heavy atom. The summed E-state index contributed by atoms with van der Waals surface area (Å²) in [6.45, 7) is 12.4. The lowest BCUT2D eigenvalue weighted by molar-refractivity contribution is -0.131. The smallest absolute Gasteiger partial charge is 0.277 e. The molecule has 1 atom stereocenters. The van der Waals surface area contributed by atoms with Gasteiger partial charge in [-0.15, -0.1) is 10.2 Å². The molecule has 1 fully saturated rings. The third-order valence-electron chi connectivity index (χ3n) is 5.13. The zero-order chi connectivity index (χ0) is 19.6. The highest BCUT2D eigenvalue weighted by atomic mass is 32.2. The maximum atomic E-state index is 12.6. The van der Waals surface area contributed by atoms with Crippen LogP contribution in [0.25, 0.3) is 11.5 Å². The summed E-state index contributed by atoms with van der Waals surface area (Å²) >= 11 is 1.34. The van der Waals surface area contributed by atoms with Crippen LogP contribution in [0.2, 0.25) is 0 Å². The molecule has 6 heteroatoms. The molecule has 1 aliphatic heterocycles. The number of nitrogens with zero attached hydrogens (tertiary/aromatic N) is 3. The number of piperidine rings is 1. The number of thioether (sulfide) groups is 1. The van der Waals surface area contributed by atoms with Gasteiger partial charge in [0.05, 0.1) is 5.25 Å². The second kappa shape index (κ2) is 8.05. The second-order valence-corrected chi connectivity index (χ2v) is 9.76. The van der Waals surface area contributed by atoms with E-state index in [0.717, 1.165) is 31.5 Å². The molecule has 3 rings (SSSR count). The topological polar surface area (TPSA) is 59.2 Å². The van der Waals surface area contributed by atoms with E-state index >= 15 is 0 Å². The van der Waals surface area contributed by atoms with E-state index in [4.69, 9.17) is 4.42 Å². The van der Waals surface area contributed by atoms with Crippen molar-refractivity contribution < 1.29 is 9.21 Å². The van der Waals surface area contributed by atoms with Crippen LogP contribution in [0, 0.1) is 5.92 Å². The third-order valence-corrected chi connectivity index (χ3v) is 6.05. The average Bonchev–Trinajstić information content (AvgIpc) is 3.09. The maximum absolute atomic E-state index is 12.6. The van der Waals surface area contributed by atoms with Crippen LogP contribution < -0.4 is 0 Å². The summed E-state index contributed by atoms with van der Waals surface area (Å²) in [5.74, 6) is 1.35. The van der Waals surface area contributed by atoms with Gasteiger partial charge in [-0.25, -0.2) is 0 Å². The van der Waals surface area contributed by atoms with Crippen LogP contribution in [-0.2, 0) is 10.2 Å². The zero-order valence-corrected chi connectivity index (χ0v) is 17.7. The number of hydrogen-bond donors (Lipinski definition) is 0. The Hall–Kier alpha value is -1.82. The molecule has 1 aliphatic rings. The number of hydrogen-bond acceptors (Lipinski definition) is 5. The first-order valence-electron chi connectivity index (χ1n) is 9.64. The highest BCUT2D eigenvalue weighted by Gasteiger charge is 2.26. The van der Waals surface area contributed by atoms with Gasteiger partial charge in [0.2, 0.25) is 11.8 Å². The molecule has 0 N–H and O–H groups in total. The van der Waals surface area contributed by atoms with Crippen LogP contribution in [0.15, 0.2) is 33.9 Å². The SMILES string of the molecule is CC1CCN(C(=O)[C@@H](C)Sc2nnc(-c3ccc(C(C)(C)C)cc3)o2)CC1. The minimum absolute atomic E-state index is 0.108. The Bertz CT molecular complexity index is 771. The van der Waals surface area contributed by atoms with Gasteiger partial charge in [-0.3, -0.25) is 4.79 Å².